The highest BCUT2D eigenvalue weighted by Gasteiger charge is 1.90. The number of hydrogen-bond acceptors (Lipinski definition) is 3. The molecule has 0 fully saturated rings. The molecule has 0 saturated heterocycles. The minimum atomic E-state index is 0.418. The zero-order chi connectivity index (χ0) is 10.5. The van der Waals surface area contributed by atoms with E-state index in [1.54, 1.807) is 0 Å². The molecule has 0 aromatic heterocycles. The van der Waals surface area contributed by atoms with Gasteiger partial charge in [0.2, 0.25) is 0 Å². The van der Waals surface area contributed by atoms with E-state index in [1.165, 1.54) is 0 Å². The molecular formula is C8H16IN3O2. The standard InChI is InChI=1S/C8H16IN3O2/c9-3-7-13-5-1-2-6-14-8-4-11-12-10/h1-8H2. The number of alkyl halides is 1. The molecule has 0 heterocycles. The molecule has 0 rings (SSSR count). The molecular weight excluding hydrogens is 297 g/mol. The topological polar surface area (TPSA) is 67.2 Å². The van der Waals surface area contributed by atoms with E-state index in [4.69, 9.17) is 15.0 Å². The predicted octanol–water partition coefficient (Wildman–Crippen LogP) is 2.55. The maximum absolute atomic E-state index is 7.98. The van der Waals surface area contributed by atoms with E-state index in [1.807, 2.05) is 0 Å². The summed E-state index contributed by atoms with van der Waals surface area (Å²) in [5.41, 5.74) is 7.98. The molecule has 0 aromatic rings. The van der Waals surface area contributed by atoms with Crippen LogP contribution in [0.3, 0.4) is 0 Å². The quantitative estimate of drug-likeness (QED) is 0.155. The molecule has 5 nitrogen and oxygen atoms in total. The lowest BCUT2D eigenvalue weighted by Gasteiger charge is -2.02. The SMILES string of the molecule is [N-]=[N+]=NCCOCCCCOCCI. The van der Waals surface area contributed by atoms with Gasteiger partial charge in [0.15, 0.2) is 0 Å². The second-order valence-corrected chi connectivity index (χ2v) is 3.65. The Morgan fingerprint density at radius 2 is 1.71 bits per heavy atom. The molecule has 6 heteroatoms. The lowest BCUT2D eigenvalue weighted by molar-refractivity contribution is 0.113. The van der Waals surface area contributed by atoms with Crippen molar-refractivity contribution in [2.75, 3.05) is 37.4 Å². The zero-order valence-corrected chi connectivity index (χ0v) is 10.4. The Morgan fingerprint density at radius 1 is 1.07 bits per heavy atom. The molecule has 0 aromatic carbocycles. The van der Waals surface area contributed by atoms with Crippen LogP contribution in [0.5, 0.6) is 0 Å². The molecule has 82 valence electrons. The van der Waals surface area contributed by atoms with E-state index in [9.17, 15) is 0 Å². The van der Waals surface area contributed by atoms with Gasteiger partial charge in [0, 0.05) is 29.1 Å². The predicted molar refractivity (Wildman–Crippen MR) is 63.8 cm³/mol. The van der Waals surface area contributed by atoms with Crippen molar-refractivity contribution in [3.63, 3.8) is 0 Å². The summed E-state index contributed by atoms with van der Waals surface area (Å²) >= 11 is 2.29. The van der Waals surface area contributed by atoms with Crippen LogP contribution in [0.1, 0.15) is 12.8 Å². The van der Waals surface area contributed by atoms with Crippen LogP contribution in [-0.4, -0.2) is 37.4 Å². The molecule has 0 radical (unpaired) electrons. The molecule has 0 amide bonds. The first-order valence-electron chi connectivity index (χ1n) is 4.64. The summed E-state index contributed by atoms with van der Waals surface area (Å²) in [6.07, 6.45) is 2.02. The van der Waals surface area contributed by atoms with Gasteiger partial charge in [-0.2, -0.15) is 0 Å². The maximum Gasteiger partial charge on any atom is 0.0555 e. The number of hydrogen-bond donors (Lipinski definition) is 0. The Hall–Kier alpha value is -0.0400. The van der Waals surface area contributed by atoms with Gasteiger partial charge in [-0.25, -0.2) is 0 Å². The van der Waals surface area contributed by atoms with Gasteiger partial charge in [0.05, 0.1) is 13.2 Å². The molecule has 0 saturated carbocycles. The first-order valence-corrected chi connectivity index (χ1v) is 6.16. The average Bonchev–Trinajstić information content (AvgIpc) is 2.21. The molecule has 0 aliphatic rings. The summed E-state index contributed by atoms with van der Waals surface area (Å²) in [6, 6.07) is 0. The third-order valence-electron chi connectivity index (χ3n) is 1.45. The zero-order valence-electron chi connectivity index (χ0n) is 8.19. The van der Waals surface area contributed by atoms with E-state index in [-0.39, 0.29) is 0 Å². The Balaban J connectivity index is 2.88. The van der Waals surface area contributed by atoms with Crippen molar-refractivity contribution in [3.8, 4) is 0 Å². The fraction of sp³-hybridized carbons (Fsp3) is 1.00. The van der Waals surface area contributed by atoms with Gasteiger partial charge in [0.25, 0.3) is 0 Å². The van der Waals surface area contributed by atoms with Gasteiger partial charge in [-0.05, 0) is 18.4 Å². The van der Waals surface area contributed by atoms with Crippen LogP contribution >= 0.6 is 22.6 Å². The summed E-state index contributed by atoms with van der Waals surface area (Å²) in [6.45, 7) is 3.29. The lowest BCUT2D eigenvalue weighted by atomic mass is 10.3. The third kappa shape index (κ3) is 12.0. The third-order valence-corrected chi connectivity index (χ3v) is 1.89. The van der Waals surface area contributed by atoms with Crippen LogP contribution in [0.4, 0.5) is 0 Å². The Kier molecular flexibility index (Phi) is 12.9. The minimum absolute atomic E-state index is 0.418. The number of ether oxygens (including phenoxy) is 2. The fourth-order valence-corrected chi connectivity index (χ4v) is 1.13. The first-order chi connectivity index (χ1) is 6.91. The number of nitrogens with zero attached hydrogens (tertiary/aromatic N) is 3. The molecule has 0 atom stereocenters. The van der Waals surface area contributed by atoms with E-state index in [0.717, 1.165) is 30.5 Å². The van der Waals surface area contributed by atoms with Crippen LogP contribution in [-0.2, 0) is 9.47 Å². The highest BCUT2D eigenvalue weighted by Crippen LogP contribution is 1.92. The second kappa shape index (κ2) is 13.0. The van der Waals surface area contributed by atoms with Crippen molar-refractivity contribution < 1.29 is 9.47 Å². The van der Waals surface area contributed by atoms with Crippen LogP contribution in [0.2, 0.25) is 0 Å². The Morgan fingerprint density at radius 3 is 2.29 bits per heavy atom. The largest absolute Gasteiger partial charge is 0.381 e. The van der Waals surface area contributed by atoms with Crippen LogP contribution in [0, 0.1) is 0 Å². The summed E-state index contributed by atoms with van der Waals surface area (Å²) in [7, 11) is 0. The van der Waals surface area contributed by atoms with Gasteiger partial charge >= 0.3 is 0 Å². The van der Waals surface area contributed by atoms with Crippen molar-refractivity contribution >= 4 is 22.6 Å². The maximum atomic E-state index is 7.98. The van der Waals surface area contributed by atoms with Crippen LogP contribution in [0.25, 0.3) is 10.4 Å². The van der Waals surface area contributed by atoms with E-state index < -0.39 is 0 Å². The number of unbranched alkanes of at least 4 members (excludes halogenated alkanes) is 1. The van der Waals surface area contributed by atoms with E-state index in [2.05, 4.69) is 32.6 Å². The normalized spacial score (nSPS) is 9.79. The van der Waals surface area contributed by atoms with Gasteiger partial charge < -0.3 is 9.47 Å². The number of halogens is 1. The Labute approximate surface area is 97.9 Å². The van der Waals surface area contributed by atoms with Gasteiger partial charge in [-0.15, -0.1) is 0 Å². The van der Waals surface area contributed by atoms with E-state index in [0.29, 0.717) is 19.8 Å². The smallest absolute Gasteiger partial charge is 0.0555 e. The van der Waals surface area contributed by atoms with Crippen molar-refractivity contribution in [1.29, 1.82) is 0 Å². The summed E-state index contributed by atoms with van der Waals surface area (Å²) in [5, 5.41) is 3.36. The number of rotatable bonds is 10. The minimum Gasteiger partial charge on any atom is -0.381 e. The molecule has 0 aliphatic carbocycles. The molecule has 0 spiro atoms. The molecule has 0 unspecified atom stereocenters. The number of azide groups is 1. The van der Waals surface area contributed by atoms with Crippen molar-refractivity contribution in [1.82, 2.24) is 0 Å². The lowest BCUT2D eigenvalue weighted by Crippen LogP contribution is -2.02. The summed E-state index contributed by atoms with van der Waals surface area (Å²) in [5.74, 6) is 0. The first kappa shape index (κ1) is 14.0. The van der Waals surface area contributed by atoms with Gasteiger partial charge in [-0.1, -0.05) is 27.7 Å². The second-order valence-electron chi connectivity index (χ2n) is 2.58. The fourth-order valence-electron chi connectivity index (χ4n) is 0.817. The van der Waals surface area contributed by atoms with Crippen molar-refractivity contribution in [2.45, 2.75) is 12.8 Å². The van der Waals surface area contributed by atoms with E-state index >= 15 is 0 Å². The van der Waals surface area contributed by atoms with Gasteiger partial charge in [0.1, 0.15) is 0 Å². The van der Waals surface area contributed by atoms with Gasteiger partial charge in [-0.3, -0.25) is 0 Å². The highest BCUT2D eigenvalue weighted by atomic mass is 127. The highest BCUT2D eigenvalue weighted by molar-refractivity contribution is 14.1. The summed E-state index contributed by atoms with van der Waals surface area (Å²) < 4.78 is 11.6. The van der Waals surface area contributed by atoms with Crippen molar-refractivity contribution in [2.24, 2.45) is 5.11 Å². The molecule has 14 heavy (non-hydrogen) atoms. The Bertz CT molecular complexity index is 163. The monoisotopic (exact) mass is 313 g/mol. The summed E-state index contributed by atoms with van der Waals surface area (Å²) in [4.78, 5) is 2.63. The van der Waals surface area contributed by atoms with Crippen molar-refractivity contribution in [3.05, 3.63) is 10.4 Å². The van der Waals surface area contributed by atoms with Crippen LogP contribution in [0.15, 0.2) is 5.11 Å². The molecule has 0 N–H and O–H groups in total. The average molecular weight is 313 g/mol. The molecule has 0 bridgehead atoms. The van der Waals surface area contributed by atoms with Crippen LogP contribution < -0.4 is 0 Å². The molecule has 0 aliphatic heterocycles.